The van der Waals surface area contributed by atoms with E-state index < -0.39 is 10.0 Å². The number of methoxy groups -OCH3 is 1. The molecule has 1 atom stereocenters. The molecule has 0 aromatic heterocycles. The van der Waals surface area contributed by atoms with Crippen LogP contribution in [0.5, 0.6) is 5.75 Å². The van der Waals surface area contributed by atoms with Crippen LogP contribution in [0.3, 0.4) is 0 Å². The van der Waals surface area contributed by atoms with Crippen molar-refractivity contribution in [1.82, 2.24) is 9.62 Å². The van der Waals surface area contributed by atoms with Gasteiger partial charge in [0.1, 0.15) is 10.6 Å². The first-order valence-corrected chi connectivity index (χ1v) is 9.44. The van der Waals surface area contributed by atoms with Gasteiger partial charge in [-0.05, 0) is 38.0 Å². The normalized spacial score (nSPS) is 18.8. The van der Waals surface area contributed by atoms with E-state index in [0.717, 1.165) is 19.3 Å². The van der Waals surface area contributed by atoms with Crippen LogP contribution in [0.25, 0.3) is 0 Å². The number of carbonyl (C=O) groups is 1. The summed E-state index contributed by atoms with van der Waals surface area (Å²) in [4.78, 5) is 12.1. The fourth-order valence-electron chi connectivity index (χ4n) is 2.84. The van der Waals surface area contributed by atoms with E-state index in [1.54, 1.807) is 12.1 Å². The third-order valence-electron chi connectivity index (χ3n) is 4.16. The smallest absolute Gasteiger partial charge is 0.251 e. The van der Waals surface area contributed by atoms with Gasteiger partial charge in [-0.1, -0.05) is 12.5 Å². The highest BCUT2D eigenvalue weighted by Crippen LogP contribution is 2.31. The molecule has 1 aliphatic heterocycles. The largest absolute Gasteiger partial charge is 0.495 e. The maximum atomic E-state index is 13.1. The maximum Gasteiger partial charge on any atom is 0.251 e. The van der Waals surface area contributed by atoms with Crippen LogP contribution in [0.4, 0.5) is 0 Å². The number of carbonyl (C=O) groups excluding carboxylic acids is 1. The first-order chi connectivity index (χ1) is 11.4. The molecule has 0 spiro atoms. The van der Waals surface area contributed by atoms with Crippen LogP contribution < -0.4 is 10.1 Å². The van der Waals surface area contributed by atoms with Crippen molar-refractivity contribution >= 4 is 15.9 Å². The summed E-state index contributed by atoms with van der Waals surface area (Å²) in [6.07, 6.45) is 4.26. The number of sulfonamides is 1. The summed E-state index contributed by atoms with van der Waals surface area (Å²) in [5.41, 5.74) is 0.279. The number of nitrogens with one attached hydrogen (secondary N) is 1. The van der Waals surface area contributed by atoms with Crippen molar-refractivity contribution in [1.29, 1.82) is 0 Å². The number of hydrogen-bond acceptors (Lipinski definition) is 4. The number of rotatable bonds is 6. The lowest BCUT2D eigenvalue weighted by atomic mass is 10.1. The Hall–Kier alpha value is -1.86. The standard InChI is InChI=1S/C17H24N2O4S/c1-4-10-18-17(20)14-8-9-15(23-3)16(12-14)24(21,22)19-11-6-5-7-13(19)2/h4,8-9,12-13H,1,5-7,10-11H2,2-3H3,(H,18,20)/t13-/m1/s1. The molecule has 0 unspecified atom stereocenters. The summed E-state index contributed by atoms with van der Waals surface area (Å²) >= 11 is 0. The Bertz CT molecular complexity index is 715. The molecule has 1 N–H and O–H groups in total. The molecule has 0 aliphatic carbocycles. The van der Waals surface area contributed by atoms with E-state index in [1.165, 1.54) is 23.5 Å². The average Bonchev–Trinajstić information content (AvgIpc) is 2.59. The minimum atomic E-state index is -3.72. The summed E-state index contributed by atoms with van der Waals surface area (Å²) in [5, 5.41) is 2.65. The molecule has 0 saturated carbocycles. The van der Waals surface area contributed by atoms with Gasteiger partial charge in [-0.15, -0.1) is 6.58 Å². The molecular weight excluding hydrogens is 328 g/mol. The molecule has 1 fully saturated rings. The highest BCUT2D eigenvalue weighted by atomic mass is 32.2. The Labute approximate surface area is 143 Å². The van der Waals surface area contributed by atoms with E-state index in [9.17, 15) is 13.2 Å². The predicted octanol–water partition coefficient (Wildman–Crippen LogP) is 2.17. The first kappa shape index (κ1) is 18.5. The van der Waals surface area contributed by atoms with Crippen molar-refractivity contribution in [2.75, 3.05) is 20.2 Å². The van der Waals surface area contributed by atoms with Crippen molar-refractivity contribution < 1.29 is 17.9 Å². The lowest BCUT2D eigenvalue weighted by Gasteiger charge is -2.32. The van der Waals surface area contributed by atoms with Crippen LogP contribution in [-0.4, -0.2) is 44.9 Å². The first-order valence-electron chi connectivity index (χ1n) is 8.00. The molecule has 1 heterocycles. The van der Waals surface area contributed by atoms with Crippen molar-refractivity contribution in [3.8, 4) is 5.75 Å². The summed E-state index contributed by atoms with van der Waals surface area (Å²) in [7, 11) is -2.30. The van der Waals surface area contributed by atoms with Gasteiger partial charge in [0.25, 0.3) is 5.91 Å². The third-order valence-corrected chi connectivity index (χ3v) is 6.20. The zero-order valence-corrected chi connectivity index (χ0v) is 14.9. The van der Waals surface area contributed by atoms with Gasteiger partial charge < -0.3 is 10.1 Å². The number of ether oxygens (including phenoxy) is 1. The molecule has 0 radical (unpaired) electrons. The predicted molar refractivity (Wildman–Crippen MR) is 92.7 cm³/mol. The molecule has 132 valence electrons. The van der Waals surface area contributed by atoms with Crippen molar-refractivity contribution in [3.63, 3.8) is 0 Å². The fourth-order valence-corrected chi connectivity index (χ4v) is 4.72. The lowest BCUT2D eigenvalue weighted by Crippen LogP contribution is -2.42. The van der Waals surface area contributed by atoms with Gasteiger partial charge in [-0.2, -0.15) is 4.31 Å². The second kappa shape index (κ2) is 7.81. The van der Waals surface area contributed by atoms with E-state index in [1.807, 2.05) is 6.92 Å². The number of nitrogens with zero attached hydrogens (tertiary/aromatic N) is 1. The fraction of sp³-hybridized carbons (Fsp3) is 0.471. The highest BCUT2D eigenvalue weighted by Gasteiger charge is 2.33. The maximum absolute atomic E-state index is 13.1. The molecular formula is C17H24N2O4S. The minimum Gasteiger partial charge on any atom is -0.495 e. The van der Waals surface area contributed by atoms with Gasteiger partial charge in [0.15, 0.2) is 0 Å². The summed E-state index contributed by atoms with van der Waals surface area (Å²) in [6.45, 7) is 6.25. The summed E-state index contributed by atoms with van der Waals surface area (Å²) in [5.74, 6) is -0.103. The Morgan fingerprint density at radius 1 is 1.46 bits per heavy atom. The van der Waals surface area contributed by atoms with Gasteiger partial charge in [-0.25, -0.2) is 8.42 Å². The van der Waals surface area contributed by atoms with E-state index in [4.69, 9.17) is 4.74 Å². The molecule has 6 nitrogen and oxygen atoms in total. The number of benzene rings is 1. The van der Waals surface area contributed by atoms with E-state index in [0.29, 0.717) is 13.1 Å². The monoisotopic (exact) mass is 352 g/mol. The van der Waals surface area contributed by atoms with Crippen LogP contribution >= 0.6 is 0 Å². The van der Waals surface area contributed by atoms with Crippen LogP contribution in [-0.2, 0) is 10.0 Å². The van der Waals surface area contributed by atoms with Gasteiger partial charge in [-0.3, -0.25) is 4.79 Å². The van der Waals surface area contributed by atoms with Crippen LogP contribution in [0, 0.1) is 0 Å². The molecule has 1 amide bonds. The van der Waals surface area contributed by atoms with Crippen LogP contribution in [0.1, 0.15) is 36.5 Å². The molecule has 7 heteroatoms. The molecule has 24 heavy (non-hydrogen) atoms. The van der Waals surface area contributed by atoms with E-state index >= 15 is 0 Å². The summed E-state index contributed by atoms with van der Waals surface area (Å²) < 4.78 is 32.8. The second-order valence-corrected chi connectivity index (χ2v) is 7.68. The van der Waals surface area contributed by atoms with Gasteiger partial charge in [0.05, 0.1) is 7.11 Å². The average molecular weight is 352 g/mol. The Kier molecular flexibility index (Phi) is 6.01. The highest BCUT2D eigenvalue weighted by molar-refractivity contribution is 7.89. The third kappa shape index (κ3) is 3.79. The SMILES string of the molecule is C=CCNC(=O)c1ccc(OC)c(S(=O)(=O)N2CCCC[C@H]2C)c1. The Balaban J connectivity index is 2.42. The zero-order chi connectivity index (χ0) is 17.7. The Morgan fingerprint density at radius 2 is 2.21 bits per heavy atom. The van der Waals surface area contributed by atoms with Gasteiger partial charge in [0.2, 0.25) is 10.0 Å². The summed E-state index contributed by atoms with van der Waals surface area (Å²) in [6, 6.07) is 4.39. The topological polar surface area (TPSA) is 75.7 Å². The van der Waals surface area contributed by atoms with Crippen molar-refractivity contribution in [2.24, 2.45) is 0 Å². The molecule has 1 saturated heterocycles. The Morgan fingerprint density at radius 3 is 2.83 bits per heavy atom. The van der Waals surface area contributed by atoms with E-state index in [2.05, 4.69) is 11.9 Å². The van der Waals surface area contributed by atoms with Gasteiger partial charge >= 0.3 is 0 Å². The van der Waals surface area contributed by atoms with Crippen molar-refractivity contribution in [2.45, 2.75) is 37.1 Å². The molecule has 2 rings (SSSR count). The second-order valence-electron chi connectivity index (χ2n) is 5.82. The molecule has 0 bridgehead atoms. The van der Waals surface area contributed by atoms with Crippen LogP contribution in [0.15, 0.2) is 35.7 Å². The minimum absolute atomic E-state index is 0.0324. The number of hydrogen-bond donors (Lipinski definition) is 1. The molecule has 1 aromatic carbocycles. The zero-order valence-electron chi connectivity index (χ0n) is 14.1. The number of piperidine rings is 1. The van der Waals surface area contributed by atoms with Gasteiger partial charge in [0, 0.05) is 24.7 Å². The molecule has 1 aromatic rings. The van der Waals surface area contributed by atoms with Crippen molar-refractivity contribution in [3.05, 3.63) is 36.4 Å². The van der Waals surface area contributed by atoms with E-state index in [-0.39, 0.29) is 28.2 Å². The quantitative estimate of drug-likeness (QED) is 0.796. The number of amides is 1. The lowest BCUT2D eigenvalue weighted by molar-refractivity contribution is 0.0957. The molecule has 1 aliphatic rings. The van der Waals surface area contributed by atoms with Crippen LogP contribution in [0.2, 0.25) is 0 Å².